The zero-order valence-corrected chi connectivity index (χ0v) is 9.37. The molecule has 3 nitrogen and oxygen atoms in total. The van der Waals surface area contributed by atoms with Crippen molar-refractivity contribution in [2.75, 3.05) is 0 Å². The van der Waals surface area contributed by atoms with Gasteiger partial charge in [0.05, 0.1) is 5.69 Å². The van der Waals surface area contributed by atoms with Crippen molar-refractivity contribution >= 4 is 11.3 Å². The van der Waals surface area contributed by atoms with E-state index in [4.69, 9.17) is 5.73 Å². The molecule has 2 aromatic rings. The first kappa shape index (κ1) is 10.3. The van der Waals surface area contributed by atoms with Crippen molar-refractivity contribution in [3.05, 3.63) is 35.6 Å². The minimum atomic E-state index is 0.164. The summed E-state index contributed by atoms with van der Waals surface area (Å²) >= 11 is 1.65. The van der Waals surface area contributed by atoms with E-state index in [1.807, 2.05) is 19.1 Å². The van der Waals surface area contributed by atoms with Crippen LogP contribution in [0.1, 0.15) is 12.6 Å². The number of hydrogen-bond acceptors (Lipinski definition) is 4. The molecule has 2 rings (SSSR count). The molecule has 0 radical (unpaired) electrons. The second-order valence-electron chi connectivity index (χ2n) is 3.56. The number of thiazole rings is 1. The van der Waals surface area contributed by atoms with Crippen molar-refractivity contribution in [2.45, 2.75) is 19.4 Å². The number of aromatic nitrogens is 2. The Morgan fingerprint density at radius 1 is 1.40 bits per heavy atom. The predicted octanol–water partition coefficient (Wildman–Crippen LogP) is 2.09. The fraction of sp³-hybridized carbons (Fsp3) is 0.273. The lowest BCUT2D eigenvalue weighted by Crippen LogP contribution is -2.17. The maximum atomic E-state index is 5.73. The average Bonchev–Trinajstić information content (AvgIpc) is 2.67. The topological polar surface area (TPSA) is 51.8 Å². The summed E-state index contributed by atoms with van der Waals surface area (Å²) in [4.78, 5) is 8.51. The maximum absolute atomic E-state index is 5.73. The summed E-state index contributed by atoms with van der Waals surface area (Å²) in [6.07, 6.45) is 4.39. The van der Waals surface area contributed by atoms with Crippen LogP contribution in [-0.4, -0.2) is 16.0 Å². The molecule has 0 saturated heterocycles. The van der Waals surface area contributed by atoms with E-state index in [1.54, 1.807) is 23.7 Å². The van der Waals surface area contributed by atoms with E-state index in [2.05, 4.69) is 15.3 Å². The summed E-state index contributed by atoms with van der Waals surface area (Å²) in [5.41, 5.74) is 7.91. The number of nitrogens with zero attached hydrogens (tertiary/aromatic N) is 2. The Morgan fingerprint density at radius 3 is 2.80 bits per heavy atom. The molecule has 2 N–H and O–H groups in total. The van der Waals surface area contributed by atoms with Crippen molar-refractivity contribution in [3.63, 3.8) is 0 Å². The molecule has 0 aliphatic rings. The third-order valence-electron chi connectivity index (χ3n) is 2.01. The van der Waals surface area contributed by atoms with Crippen LogP contribution in [0, 0.1) is 0 Å². The lowest BCUT2D eigenvalue weighted by atomic mass is 10.2. The first-order chi connectivity index (χ1) is 7.25. The minimum Gasteiger partial charge on any atom is -0.328 e. The Labute approximate surface area is 93.0 Å². The highest BCUT2D eigenvalue weighted by molar-refractivity contribution is 7.13. The van der Waals surface area contributed by atoms with E-state index in [9.17, 15) is 0 Å². The second-order valence-corrected chi connectivity index (χ2v) is 4.42. The van der Waals surface area contributed by atoms with Gasteiger partial charge in [0.1, 0.15) is 5.01 Å². The van der Waals surface area contributed by atoms with Crippen LogP contribution in [0.25, 0.3) is 10.6 Å². The Morgan fingerprint density at radius 2 is 2.13 bits per heavy atom. The molecule has 78 valence electrons. The van der Waals surface area contributed by atoms with Crippen LogP contribution in [0.15, 0.2) is 29.9 Å². The molecule has 0 fully saturated rings. The molecule has 0 aliphatic carbocycles. The molecule has 0 aliphatic heterocycles. The van der Waals surface area contributed by atoms with Gasteiger partial charge < -0.3 is 5.73 Å². The van der Waals surface area contributed by atoms with Gasteiger partial charge in [0.2, 0.25) is 0 Å². The van der Waals surface area contributed by atoms with Crippen LogP contribution in [-0.2, 0) is 6.42 Å². The van der Waals surface area contributed by atoms with E-state index in [0.717, 1.165) is 22.7 Å². The highest BCUT2D eigenvalue weighted by Crippen LogP contribution is 2.23. The fourth-order valence-electron chi connectivity index (χ4n) is 1.36. The predicted molar refractivity (Wildman–Crippen MR) is 62.7 cm³/mol. The largest absolute Gasteiger partial charge is 0.328 e. The van der Waals surface area contributed by atoms with Crippen molar-refractivity contribution in [1.29, 1.82) is 0 Å². The van der Waals surface area contributed by atoms with Gasteiger partial charge in [0, 0.05) is 35.8 Å². The molecule has 1 unspecified atom stereocenters. The van der Waals surface area contributed by atoms with Crippen LogP contribution in [0.4, 0.5) is 0 Å². The molecule has 0 saturated carbocycles. The van der Waals surface area contributed by atoms with Gasteiger partial charge in [-0.25, -0.2) is 4.98 Å². The van der Waals surface area contributed by atoms with E-state index in [-0.39, 0.29) is 6.04 Å². The smallest absolute Gasteiger partial charge is 0.123 e. The molecule has 0 bridgehead atoms. The van der Waals surface area contributed by atoms with Gasteiger partial charge in [0.25, 0.3) is 0 Å². The zero-order chi connectivity index (χ0) is 10.7. The standard InChI is InChI=1S/C11H13N3S/c1-8(12)6-10-7-15-11(14-10)9-2-4-13-5-3-9/h2-5,7-8H,6,12H2,1H3. The van der Waals surface area contributed by atoms with Gasteiger partial charge in [-0.15, -0.1) is 11.3 Å². The molecule has 4 heteroatoms. The lowest BCUT2D eigenvalue weighted by molar-refractivity contribution is 0.726. The number of nitrogens with two attached hydrogens (primary N) is 1. The van der Waals surface area contributed by atoms with Crippen LogP contribution < -0.4 is 5.73 Å². The first-order valence-electron chi connectivity index (χ1n) is 4.86. The normalized spacial score (nSPS) is 12.7. The SMILES string of the molecule is CC(N)Cc1csc(-c2ccncc2)n1. The van der Waals surface area contributed by atoms with Crippen molar-refractivity contribution < 1.29 is 0 Å². The third-order valence-corrected chi connectivity index (χ3v) is 2.95. The summed E-state index contributed by atoms with van der Waals surface area (Å²) in [6, 6.07) is 4.10. The number of pyridine rings is 1. The fourth-order valence-corrected chi connectivity index (χ4v) is 2.20. The lowest BCUT2D eigenvalue weighted by Gasteiger charge is -1.99. The van der Waals surface area contributed by atoms with Gasteiger partial charge in [-0.2, -0.15) is 0 Å². The number of rotatable bonds is 3. The summed E-state index contributed by atoms with van der Waals surface area (Å²) < 4.78 is 0. The van der Waals surface area contributed by atoms with E-state index in [0.29, 0.717) is 0 Å². The Balaban J connectivity index is 2.21. The van der Waals surface area contributed by atoms with Gasteiger partial charge in [0.15, 0.2) is 0 Å². The first-order valence-corrected chi connectivity index (χ1v) is 5.74. The molecule has 0 aromatic carbocycles. The quantitative estimate of drug-likeness (QED) is 0.860. The molecular formula is C11H13N3S. The zero-order valence-electron chi connectivity index (χ0n) is 8.55. The van der Waals surface area contributed by atoms with Crippen molar-refractivity contribution in [1.82, 2.24) is 9.97 Å². The van der Waals surface area contributed by atoms with Crippen LogP contribution in [0.2, 0.25) is 0 Å². The molecule has 0 spiro atoms. The van der Waals surface area contributed by atoms with Gasteiger partial charge in [-0.05, 0) is 19.1 Å². The summed E-state index contributed by atoms with van der Waals surface area (Å²) in [5.74, 6) is 0. The molecule has 2 heterocycles. The van der Waals surface area contributed by atoms with Gasteiger partial charge in [-0.3, -0.25) is 4.98 Å². The van der Waals surface area contributed by atoms with Gasteiger partial charge in [-0.1, -0.05) is 0 Å². The Hall–Kier alpha value is -1.26. The summed E-state index contributed by atoms with van der Waals surface area (Å²) in [6.45, 7) is 1.99. The molecule has 1 atom stereocenters. The van der Waals surface area contributed by atoms with Crippen molar-refractivity contribution in [2.24, 2.45) is 5.73 Å². The highest BCUT2D eigenvalue weighted by atomic mass is 32.1. The van der Waals surface area contributed by atoms with Crippen LogP contribution in [0.3, 0.4) is 0 Å². The van der Waals surface area contributed by atoms with Crippen LogP contribution in [0.5, 0.6) is 0 Å². The van der Waals surface area contributed by atoms with E-state index >= 15 is 0 Å². The Bertz CT molecular complexity index is 422. The average molecular weight is 219 g/mol. The number of hydrogen-bond donors (Lipinski definition) is 1. The van der Waals surface area contributed by atoms with E-state index < -0.39 is 0 Å². The molecule has 15 heavy (non-hydrogen) atoms. The second kappa shape index (κ2) is 4.51. The van der Waals surface area contributed by atoms with Crippen molar-refractivity contribution in [3.8, 4) is 10.6 Å². The van der Waals surface area contributed by atoms with Crippen LogP contribution >= 0.6 is 11.3 Å². The molecular weight excluding hydrogens is 206 g/mol. The molecule has 2 aromatic heterocycles. The summed E-state index contributed by atoms with van der Waals surface area (Å²) in [5, 5.41) is 3.10. The monoisotopic (exact) mass is 219 g/mol. The Kier molecular flexibility index (Phi) is 3.08. The summed E-state index contributed by atoms with van der Waals surface area (Å²) in [7, 11) is 0. The minimum absolute atomic E-state index is 0.164. The van der Waals surface area contributed by atoms with E-state index in [1.165, 1.54) is 0 Å². The third kappa shape index (κ3) is 2.61. The maximum Gasteiger partial charge on any atom is 0.123 e. The highest BCUT2D eigenvalue weighted by Gasteiger charge is 2.05. The van der Waals surface area contributed by atoms with Gasteiger partial charge >= 0.3 is 0 Å². The molecule has 0 amide bonds.